The molecule has 1 aliphatic rings. The highest BCUT2D eigenvalue weighted by Gasteiger charge is 2.23. The first kappa shape index (κ1) is 14.9. The summed E-state index contributed by atoms with van der Waals surface area (Å²) in [4.78, 5) is 2.52. The molecule has 1 aliphatic heterocycles. The Morgan fingerprint density at radius 2 is 1.59 bits per heavy atom. The van der Waals surface area contributed by atoms with Gasteiger partial charge in [-0.1, -0.05) is 30.3 Å². The van der Waals surface area contributed by atoms with Crippen molar-refractivity contribution in [2.24, 2.45) is 0 Å². The summed E-state index contributed by atoms with van der Waals surface area (Å²) in [6.07, 6.45) is 1.05. The maximum absolute atomic E-state index is 5.44. The molecule has 0 saturated carbocycles. The first-order valence-corrected chi connectivity index (χ1v) is 7.75. The van der Waals surface area contributed by atoms with Gasteiger partial charge in [0.15, 0.2) is 11.5 Å². The fraction of sp³-hybridized carbons (Fsp3) is 0.368. The monoisotopic (exact) mass is 297 g/mol. The molecule has 3 heteroatoms. The summed E-state index contributed by atoms with van der Waals surface area (Å²) in [7, 11) is 3.38. The summed E-state index contributed by atoms with van der Waals surface area (Å²) >= 11 is 0. The lowest BCUT2D eigenvalue weighted by Gasteiger charge is -2.34. The fourth-order valence-corrected chi connectivity index (χ4v) is 3.18. The molecule has 3 nitrogen and oxygen atoms in total. The summed E-state index contributed by atoms with van der Waals surface area (Å²) in [5.74, 6) is 1.64. The molecule has 0 aromatic heterocycles. The highest BCUT2D eigenvalue weighted by atomic mass is 16.5. The third kappa shape index (κ3) is 2.81. The average molecular weight is 297 g/mol. The van der Waals surface area contributed by atoms with E-state index < -0.39 is 0 Å². The predicted molar refractivity (Wildman–Crippen MR) is 88.5 cm³/mol. The molecule has 1 atom stereocenters. The van der Waals surface area contributed by atoms with Gasteiger partial charge in [-0.15, -0.1) is 0 Å². The Bertz CT molecular complexity index is 639. The lowest BCUT2D eigenvalue weighted by atomic mass is 9.96. The Balaban J connectivity index is 1.84. The van der Waals surface area contributed by atoms with Crippen LogP contribution in [0.1, 0.15) is 29.7 Å². The molecule has 0 bridgehead atoms. The molecule has 116 valence electrons. The maximum atomic E-state index is 5.44. The molecule has 2 aromatic rings. The molecule has 1 heterocycles. The van der Waals surface area contributed by atoms with Crippen LogP contribution in [0, 0.1) is 0 Å². The van der Waals surface area contributed by atoms with Crippen LogP contribution in [0.3, 0.4) is 0 Å². The number of hydrogen-bond acceptors (Lipinski definition) is 3. The zero-order chi connectivity index (χ0) is 15.5. The molecule has 2 aromatic carbocycles. The maximum Gasteiger partial charge on any atom is 0.161 e. The van der Waals surface area contributed by atoms with Gasteiger partial charge in [0.25, 0.3) is 0 Å². The molecule has 3 rings (SSSR count). The first-order valence-electron chi connectivity index (χ1n) is 7.75. The van der Waals surface area contributed by atoms with Crippen molar-refractivity contribution in [2.45, 2.75) is 25.9 Å². The van der Waals surface area contributed by atoms with E-state index in [0.29, 0.717) is 6.04 Å². The van der Waals surface area contributed by atoms with Crippen LogP contribution < -0.4 is 9.47 Å². The van der Waals surface area contributed by atoms with Crippen LogP contribution in [0.15, 0.2) is 42.5 Å². The van der Waals surface area contributed by atoms with Gasteiger partial charge in [0.1, 0.15) is 0 Å². The quantitative estimate of drug-likeness (QED) is 0.856. The van der Waals surface area contributed by atoms with Gasteiger partial charge in [-0.3, -0.25) is 4.90 Å². The van der Waals surface area contributed by atoms with Crippen molar-refractivity contribution in [1.82, 2.24) is 4.90 Å². The molecule has 0 spiro atoms. The van der Waals surface area contributed by atoms with Crippen molar-refractivity contribution in [3.8, 4) is 11.5 Å². The predicted octanol–water partition coefficient (Wildman–Crippen LogP) is 3.82. The number of methoxy groups -OCH3 is 2. The van der Waals surface area contributed by atoms with E-state index in [1.54, 1.807) is 14.2 Å². The Labute approximate surface area is 132 Å². The van der Waals surface area contributed by atoms with Crippen molar-refractivity contribution < 1.29 is 9.47 Å². The van der Waals surface area contributed by atoms with E-state index >= 15 is 0 Å². The lowest BCUT2D eigenvalue weighted by Crippen LogP contribution is -2.32. The Morgan fingerprint density at radius 1 is 0.955 bits per heavy atom. The molecule has 0 fully saturated rings. The molecule has 0 N–H and O–H groups in total. The van der Waals surface area contributed by atoms with E-state index in [1.165, 1.54) is 16.7 Å². The van der Waals surface area contributed by atoms with Crippen molar-refractivity contribution >= 4 is 0 Å². The fourth-order valence-electron chi connectivity index (χ4n) is 3.18. The van der Waals surface area contributed by atoms with Crippen LogP contribution >= 0.6 is 0 Å². The second-order valence-electron chi connectivity index (χ2n) is 5.78. The number of nitrogens with zero attached hydrogens (tertiary/aromatic N) is 1. The van der Waals surface area contributed by atoms with Gasteiger partial charge in [0.2, 0.25) is 0 Å². The number of fused-ring (bicyclic) bond motifs is 1. The van der Waals surface area contributed by atoms with Crippen molar-refractivity contribution in [1.29, 1.82) is 0 Å². The molecule has 0 aliphatic carbocycles. The Hall–Kier alpha value is -2.00. The second kappa shape index (κ2) is 6.41. The zero-order valence-electron chi connectivity index (χ0n) is 13.5. The van der Waals surface area contributed by atoms with Gasteiger partial charge in [0.05, 0.1) is 14.2 Å². The van der Waals surface area contributed by atoms with Gasteiger partial charge in [-0.2, -0.15) is 0 Å². The number of ether oxygens (including phenoxy) is 2. The topological polar surface area (TPSA) is 21.7 Å². The normalized spacial score (nSPS) is 16.0. The number of benzene rings is 2. The van der Waals surface area contributed by atoms with Crippen LogP contribution in [0.2, 0.25) is 0 Å². The lowest BCUT2D eigenvalue weighted by molar-refractivity contribution is 0.191. The summed E-state index contributed by atoms with van der Waals surface area (Å²) in [6, 6.07) is 15.4. The Kier molecular flexibility index (Phi) is 4.34. The van der Waals surface area contributed by atoms with E-state index in [0.717, 1.165) is 31.0 Å². The van der Waals surface area contributed by atoms with Gasteiger partial charge >= 0.3 is 0 Å². The highest BCUT2D eigenvalue weighted by Crippen LogP contribution is 2.35. The van der Waals surface area contributed by atoms with E-state index in [2.05, 4.69) is 54.3 Å². The first-order chi connectivity index (χ1) is 10.7. The zero-order valence-corrected chi connectivity index (χ0v) is 13.5. The van der Waals surface area contributed by atoms with Crippen molar-refractivity contribution in [3.05, 3.63) is 59.2 Å². The van der Waals surface area contributed by atoms with Gasteiger partial charge in [-0.05, 0) is 42.2 Å². The van der Waals surface area contributed by atoms with E-state index in [-0.39, 0.29) is 0 Å². The minimum absolute atomic E-state index is 0.419. The van der Waals surface area contributed by atoms with Crippen LogP contribution in [0.25, 0.3) is 0 Å². The van der Waals surface area contributed by atoms with Crippen molar-refractivity contribution in [2.75, 3.05) is 20.8 Å². The smallest absolute Gasteiger partial charge is 0.161 e. The van der Waals surface area contributed by atoms with Crippen LogP contribution in [-0.4, -0.2) is 25.7 Å². The van der Waals surface area contributed by atoms with Gasteiger partial charge in [0, 0.05) is 19.1 Å². The highest BCUT2D eigenvalue weighted by molar-refractivity contribution is 5.48. The summed E-state index contributed by atoms with van der Waals surface area (Å²) in [5, 5.41) is 0. The van der Waals surface area contributed by atoms with Gasteiger partial charge in [-0.25, -0.2) is 0 Å². The summed E-state index contributed by atoms with van der Waals surface area (Å²) in [6.45, 7) is 4.30. The SMILES string of the molecule is COc1cc2c(cc1OC)CN([C@@H](C)c1ccccc1)CC2. The number of hydrogen-bond donors (Lipinski definition) is 0. The minimum atomic E-state index is 0.419. The van der Waals surface area contributed by atoms with E-state index in [1.807, 2.05) is 0 Å². The largest absolute Gasteiger partial charge is 0.493 e. The van der Waals surface area contributed by atoms with Crippen molar-refractivity contribution in [3.63, 3.8) is 0 Å². The van der Waals surface area contributed by atoms with Gasteiger partial charge < -0.3 is 9.47 Å². The molecule has 22 heavy (non-hydrogen) atoms. The molecule has 0 saturated heterocycles. The summed E-state index contributed by atoms with van der Waals surface area (Å²) < 4.78 is 10.8. The van der Waals surface area contributed by atoms with Crippen LogP contribution in [0.5, 0.6) is 11.5 Å². The van der Waals surface area contributed by atoms with Crippen LogP contribution in [0.4, 0.5) is 0 Å². The van der Waals surface area contributed by atoms with E-state index in [4.69, 9.17) is 9.47 Å². The molecular weight excluding hydrogens is 274 g/mol. The summed E-state index contributed by atoms with van der Waals surface area (Å²) in [5.41, 5.74) is 4.08. The number of rotatable bonds is 4. The second-order valence-corrected chi connectivity index (χ2v) is 5.78. The molecular formula is C19H23NO2. The molecule has 0 unspecified atom stereocenters. The molecule has 0 radical (unpaired) electrons. The van der Waals surface area contributed by atoms with Crippen LogP contribution in [-0.2, 0) is 13.0 Å². The standard InChI is InChI=1S/C19H23NO2/c1-14(15-7-5-4-6-8-15)20-10-9-16-11-18(21-2)19(22-3)12-17(16)13-20/h4-8,11-12,14H,9-10,13H2,1-3H3/t14-/m0/s1. The van der Waals surface area contributed by atoms with E-state index in [9.17, 15) is 0 Å². The third-order valence-corrected chi connectivity index (χ3v) is 4.58. The third-order valence-electron chi connectivity index (χ3n) is 4.58. The molecule has 0 amide bonds. The average Bonchev–Trinajstić information content (AvgIpc) is 2.60. The minimum Gasteiger partial charge on any atom is -0.493 e. The Morgan fingerprint density at radius 3 is 2.23 bits per heavy atom.